The Morgan fingerprint density at radius 3 is 2.61 bits per heavy atom. The topological polar surface area (TPSA) is 48.4 Å². The molecule has 0 unspecified atom stereocenters. The maximum absolute atomic E-state index is 12.8. The maximum Gasteiger partial charge on any atom is 0.189 e. The number of aromatic nitrogens is 1. The summed E-state index contributed by atoms with van der Waals surface area (Å²) in [6.07, 6.45) is 6.51. The third-order valence-electron chi connectivity index (χ3n) is 3.94. The van der Waals surface area contributed by atoms with Gasteiger partial charge in [-0.2, -0.15) is 0 Å². The number of Topliss-reactive ketones (excluding diaryl/α,β-unsaturated/α-hetero) is 1. The summed E-state index contributed by atoms with van der Waals surface area (Å²) in [4.78, 5) is 16.7. The lowest BCUT2D eigenvalue weighted by Gasteiger charge is -2.20. The zero-order chi connectivity index (χ0) is 16.4. The van der Waals surface area contributed by atoms with Gasteiger partial charge in [0, 0.05) is 23.5 Å². The number of carbonyl (C=O) groups is 1. The van der Waals surface area contributed by atoms with Crippen molar-refractivity contribution in [2.45, 2.75) is 12.8 Å². The van der Waals surface area contributed by atoms with Gasteiger partial charge in [-0.1, -0.05) is 11.6 Å². The van der Waals surface area contributed by atoms with Crippen molar-refractivity contribution in [3.05, 3.63) is 57.9 Å². The molecule has 1 aliphatic rings. The number of ketones is 1. The molecule has 118 valence electrons. The van der Waals surface area contributed by atoms with Crippen LogP contribution in [0.3, 0.4) is 0 Å². The van der Waals surface area contributed by atoms with Crippen LogP contribution in [0.2, 0.25) is 5.02 Å². The number of hydrogen-bond donors (Lipinski definition) is 0. The molecule has 0 saturated heterocycles. The molecule has 0 amide bonds. The van der Waals surface area contributed by atoms with Gasteiger partial charge in [0.2, 0.25) is 0 Å². The molecule has 1 aromatic carbocycles. The van der Waals surface area contributed by atoms with Crippen LogP contribution in [-0.4, -0.2) is 25.0 Å². The van der Waals surface area contributed by atoms with Crippen molar-refractivity contribution >= 4 is 23.5 Å². The van der Waals surface area contributed by atoms with Gasteiger partial charge in [-0.15, -0.1) is 0 Å². The Hall–Kier alpha value is -2.33. The van der Waals surface area contributed by atoms with Gasteiger partial charge in [0.1, 0.15) is 0 Å². The van der Waals surface area contributed by atoms with E-state index >= 15 is 0 Å². The van der Waals surface area contributed by atoms with Gasteiger partial charge in [0.05, 0.1) is 19.2 Å². The highest BCUT2D eigenvalue weighted by Crippen LogP contribution is 2.36. The fraction of sp³-hybridized carbons (Fsp3) is 0.222. The third-order valence-corrected chi connectivity index (χ3v) is 4.26. The minimum atomic E-state index is 0.0000759. The summed E-state index contributed by atoms with van der Waals surface area (Å²) in [6.45, 7) is 0. The molecule has 1 heterocycles. The molecule has 1 aliphatic carbocycles. The van der Waals surface area contributed by atoms with Crippen molar-refractivity contribution in [3.8, 4) is 11.5 Å². The highest BCUT2D eigenvalue weighted by Gasteiger charge is 2.24. The van der Waals surface area contributed by atoms with E-state index in [1.807, 2.05) is 12.1 Å². The molecule has 0 spiro atoms. The Morgan fingerprint density at radius 2 is 1.91 bits per heavy atom. The molecule has 3 rings (SSSR count). The number of pyridine rings is 1. The fourth-order valence-corrected chi connectivity index (χ4v) is 2.90. The van der Waals surface area contributed by atoms with E-state index in [-0.39, 0.29) is 5.78 Å². The molecular formula is C18H16ClNO3. The van der Waals surface area contributed by atoms with E-state index in [1.165, 1.54) is 0 Å². The van der Waals surface area contributed by atoms with Crippen molar-refractivity contribution < 1.29 is 14.3 Å². The maximum atomic E-state index is 12.8. The molecule has 0 bridgehead atoms. The number of ether oxygens (including phenoxy) is 2. The molecule has 4 nitrogen and oxygen atoms in total. The van der Waals surface area contributed by atoms with E-state index in [9.17, 15) is 4.79 Å². The van der Waals surface area contributed by atoms with Crippen LogP contribution in [0.25, 0.3) is 6.08 Å². The van der Waals surface area contributed by atoms with Gasteiger partial charge >= 0.3 is 0 Å². The Balaban J connectivity index is 2.02. The molecule has 0 radical (unpaired) electrons. The third kappa shape index (κ3) is 2.94. The van der Waals surface area contributed by atoms with Crippen LogP contribution in [0.4, 0.5) is 0 Å². The number of halogens is 1. The first-order chi connectivity index (χ1) is 11.1. The summed E-state index contributed by atoms with van der Waals surface area (Å²) in [6, 6.07) is 5.42. The highest BCUT2D eigenvalue weighted by molar-refractivity contribution is 6.32. The Morgan fingerprint density at radius 1 is 1.17 bits per heavy atom. The standard InChI is InChI=1S/C18H16ClNO3/c1-22-16-8-11-3-4-13(7-12-5-6-20-10-15(12)19)18(21)14(11)9-17(16)23-2/h5-10H,3-4H2,1-2H3/b13-7+. The van der Waals surface area contributed by atoms with Gasteiger partial charge in [0.25, 0.3) is 0 Å². The lowest BCUT2D eigenvalue weighted by Crippen LogP contribution is -2.14. The minimum absolute atomic E-state index is 0.0000759. The predicted octanol–water partition coefficient (Wildman–Crippen LogP) is 3.96. The number of carbonyl (C=O) groups excluding carboxylic acids is 1. The molecule has 0 atom stereocenters. The lowest BCUT2D eigenvalue weighted by molar-refractivity contribution is 0.102. The van der Waals surface area contributed by atoms with Gasteiger partial charge in [0.15, 0.2) is 17.3 Å². The van der Waals surface area contributed by atoms with Crippen LogP contribution in [-0.2, 0) is 6.42 Å². The SMILES string of the molecule is COc1cc2c(cc1OC)C(=O)/C(=C/c1ccncc1Cl)CC2. The minimum Gasteiger partial charge on any atom is -0.493 e. The Labute approximate surface area is 139 Å². The molecular weight excluding hydrogens is 314 g/mol. The molecule has 23 heavy (non-hydrogen) atoms. The molecule has 0 aliphatic heterocycles. The summed E-state index contributed by atoms with van der Waals surface area (Å²) < 4.78 is 10.6. The number of rotatable bonds is 3. The van der Waals surface area contributed by atoms with Gasteiger partial charge < -0.3 is 9.47 Å². The number of nitrogens with zero attached hydrogens (tertiary/aromatic N) is 1. The average molecular weight is 330 g/mol. The van der Waals surface area contributed by atoms with E-state index in [4.69, 9.17) is 21.1 Å². The first kappa shape index (κ1) is 15.6. The second-order valence-corrected chi connectivity index (χ2v) is 5.67. The van der Waals surface area contributed by atoms with Crippen LogP contribution in [0.1, 0.15) is 27.9 Å². The van der Waals surface area contributed by atoms with Crippen LogP contribution in [0.15, 0.2) is 36.2 Å². The summed E-state index contributed by atoms with van der Waals surface area (Å²) in [7, 11) is 3.15. The van der Waals surface area contributed by atoms with Crippen LogP contribution in [0, 0.1) is 0 Å². The molecule has 5 heteroatoms. The van der Waals surface area contributed by atoms with E-state index in [2.05, 4.69) is 4.98 Å². The predicted molar refractivity (Wildman–Crippen MR) is 89.4 cm³/mol. The van der Waals surface area contributed by atoms with Crippen molar-refractivity contribution in [2.24, 2.45) is 0 Å². The highest BCUT2D eigenvalue weighted by atomic mass is 35.5. The van der Waals surface area contributed by atoms with Gasteiger partial charge in [-0.05, 0) is 48.2 Å². The molecule has 1 aromatic heterocycles. The largest absolute Gasteiger partial charge is 0.493 e. The smallest absolute Gasteiger partial charge is 0.189 e. The second-order valence-electron chi connectivity index (χ2n) is 5.26. The number of fused-ring (bicyclic) bond motifs is 1. The number of benzene rings is 1. The van der Waals surface area contributed by atoms with Crippen molar-refractivity contribution in [2.75, 3.05) is 14.2 Å². The lowest BCUT2D eigenvalue weighted by atomic mass is 9.85. The zero-order valence-electron chi connectivity index (χ0n) is 12.9. The second kappa shape index (κ2) is 6.42. The number of hydrogen-bond acceptors (Lipinski definition) is 4. The van der Waals surface area contributed by atoms with Crippen molar-refractivity contribution in [1.82, 2.24) is 4.98 Å². The fourth-order valence-electron chi connectivity index (χ4n) is 2.72. The van der Waals surface area contributed by atoms with Gasteiger partial charge in [-0.25, -0.2) is 0 Å². The molecule has 0 N–H and O–H groups in total. The number of aryl methyl sites for hydroxylation is 1. The first-order valence-electron chi connectivity index (χ1n) is 7.23. The zero-order valence-corrected chi connectivity index (χ0v) is 13.7. The van der Waals surface area contributed by atoms with Crippen LogP contribution >= 0.6 is 11.6 Å². The number of allylic oxidation sites excluding steroid dienone is 1. The average Bonchev–Trinajstić information content (AvgIpc) is 2.58. The summed E-state index contributed by atoms with van der Waals surface area (Å²) in [5.41, 5.74) is 3.17. The Kier molecular flexibility index (Phi) is 4.35. The monoisotopic (exact) mass is 329 g/mol. The summed E-state index contributed by atoms with van der Waals surface area (Å²) in [5.74, 6) is 1.20. The normalized spacial score (nSPS) is 15.4. The van der Waals surface area contributed by atoms with E-state index in [0.717, 1.165) is 23.1 Å². The Bertz CT molecular complexity index is 799. The summed E-state index contributed by atoms with van der Waals surface area (Å²) in [5, 5.41) is 0.533. The van der Waals surface area contributed by atoms with Crippen molar-refractivity contribution in [3.63, 3.8) is 0 Å². The van der Waals surface area contributed by atoms with Crippen LogP contribution in [0.5, 0.6) is 11.5 Å². The first-order valence-corrected chi connectivity index (χ1v) is 7.61. The van der Waals surface area contributed by atoms with E-state index < -0.39 is 0 Å². The van der Waals surface area contributed by atoms with E-state index in [1.54, 1.807) is 38.7 Å². The van der Waals surface area contributed by atoms with Gasteiger partial charge in [-0.3, -0.25) is 9.78 Å². The summed E-state index contributed by atoms with van der Waals surface area (Å²) >= 11 is 6.12. The van der Waals surface area contributed by atoms with E-state index in [0.29, 0.717) is 28.5 Å². The molecule has 0 fully saturated rings. The van der Waals surface area contributed by atoms with Crippen molar-refractivity contribution in [1.29, 1.82) is 0 Å². The number of methoxy groups -OCH3 is 2. The molecule has 2 aromatic rings. The van der Waals surface area contributed by atoms with Crippen LogP contribution < -0.4 is 9.47 Å². The quantitative estimate of drug-likeness (QED) is 0.800. The molecule has 0 saturated carbocycles.